The lowest BCUT2D eigenvalue weighted by Gasteiger charge is -2.49. The van der Waals surface area contributed by atoms with Crippen molar-refractivity contribution in [1.29, 1.82) is 0 Å². The standard InChI is InChI=1S/C17H31NO2/c1-14(2)18-10-8-17(19,9-11-18)15-5-12-20-16(13-15)6-3-4-7-16/h14-15,19H,3-13H2,1-2H3. The van der Waals surface area contributed by atoms with Crippen molar-refractivity contribution in [3.05, 3.63) is 0 Å². The normalized spacial score (nSPS) is 33.9. The topological polar surface area (TPSA) is 32.7 Å². The van der Waals surface area contributed by atoms with E-state index in [0.717, 1.165) is 45.4 Å². The maximum absolute atomic E-state index is 11.2. The highest BCUT2D eigenvalue weighted by Gasteiger charge is 2.47. The van der Waals surface area contributed by atoms with Gasteiger partial charge in [-0.05, 0) is 58.3 Å². The van der Waals surface area contributed by atoms with E-state index in [0.29, 0.717) is 12.0 Å². The minimum Gasteiger partial charge on any atom is -0.389 e. The van der Waals surface area contributed by atoms with E-state index in [1.165, 1.54) is 25.7 Å². The van der Waals surface area contributed by atoms with Gasteiger partial charge in [0.1, 0.15) is 0 Å². The third-order valence-corrected chi connectivity index (χ3v) is 6.16. The third kappa shape index (κ3) is 2.77. The quantitative estimate of drug-likeness (QED) is 0.844. The average molecular weight is 281 g/mol. The molecule has 1 spiro atoms. The van der Waals surface area contributed by atoms with E-state index in [1.807, 2.05) is 0 Å². The fourth-order valence-corrected chi connectivity index (χ4v) is 4.69. The zero-order valence-corrected chi connectivity index (χ0v) is 13.2. The minimum atomic E-state index is -0.426. The highest BCUT2D eigenvalue weighted by atomic mass is 16.5. The first-order chi connectivity index (χ1) is 9.53. The summed E-state index contributed by atoms with van der Waals surface area (Å²) in [6.07, 6.45) is 9.12. The minimum absolute atomic E-state index is 0.133. The van der Waals surface area contributed by atoms with Crippen LogP contribution in [0.5, 0.6) is 0 Å². The second-order valence-corrected chi connectivity index (χ2v) is 7.66. The Morgan fingerprint density at radius 2 is 1.75 bits per heavy atom. The number of ether oxygens (including phenoxy) is 1. The van der Waals surface area contributed by atoms with Gasteiger partial charge in [-0.25, -0.2) is 0 Å². The maximum atomic E-state index is 11.2. The van der Waals surface area contributed by atoms with Crippen LogP contribution in [0, 0.1) is 5.92 Å². The van der Waals surface area contributed by atoms with E-state index in [1.54, 1.807) is 0 Å². The van der Waals surface area contributed by atoms with Gasteiger partial charge < -0.3 is 14.7 Å². The molecule has 3 heteroatoms. The zero-order valence-electron chi connectivity index (χ0n) is 13.2. The molecule has 1 atom stereocenters. The zero-order chi connectivity index (χ0) is 14.2. The summed E-state index contributed by atoms with van der Waals surface area (Å²) in [5, 5.41) is 11.2. The van der Waals surface area contributed by atoms with E-state index in [9.17, 15) is 5.11 Å². The fraction of sp³-hybridized carbons (Fsp3) is 1.00. The molecule has 3 nitrogen and oxygen atoms in total. The number of likely N-dealkylation sites (tertiary alicyclic amines) is 1. The maximum Gasteiger partial charge on any atom is 0.0702 e. The Morgan fingerprint density at radius 1 is 1.10 bits per heavy atom. The molecule has 3 rings (SSSR count). The Kier molecular flexibility index (Phi) is 4.13. The van der Waals surface area contributed by atoms with E-state index in [-0.39, 0.29) is 5.60 Å². The molecular weight excluding hydrogens is 250 g/mol. The van der Waals surface area contributed by atoms with Crippen molar-refractivity contribution in [3.8, 4) is 0 Å². The first-order valence-electron chi connectivity index (χ1n) is 8.63. The summed E-state index contributed by atoms with van der Waals surface area (Å²) in [5.41, 5.74) is -0.293. The number of nitrogens with zero attached hydrogens (tertiary/aromatic N) is 1. The molecule has 1 saturated carbocycles. The lowest BCUT2D eigenvalue weighted by atomic mass is 9.71. The van der Waals surface area contributed by atoms with Crippen LogP contribution in [-0.2, 0) is 4.74 Å². The van der Waals surface area contributed by atoms with E-state index < -0.39 is 5.60 Å². The smallest absolute Gasteiger partial charge is 0.0702 e. The van der Waals surface area contributed by atoms with Crippen LogP contribution in [0.25, 0.3) is 0 Å². The second kappa shape index (κ2) is 5.58. The summed E-state index contributed by atoms with van der Waals surface area (Å²) in [4.78, 5) is 2.50. The highest BCUT2D eigenvalue weighted by Crippen LogP contribution is 2.47. The Labute approximate surface area is 123 Å². The van der Waals surface area contributed by atoms with Gasteiger partial charge in [-0.2, -0.15) is 0 Å². The molecule has 2 saturated heterocycles. The molecule has 3 fully saturated rings. The largest absolute Gasteiger partial charge is 0.389 e. The van der Waals surface area contributed by atoms with Crippen LogP contribution in [0.1, 0.15) is 65.2 Å². The van der Waals surface area contributed by atoms with E-state index in [4.69, 9.17) is 4.74 Å². The summed E-state index contributed by atoms with van der Waals surface area (Å²) in [7, 11) is 0. The molecule has 0 aromatic carbocycles. The molecule has 116 valence electrons. The van der Waals surface area contributed by atoms with Crippen LogP contribution in [-0.4, -0.2) is 46.9 Å². The first-order valence-corrected chi connectivity index (χ1v) is 8.63. The predicted molar refractivity (Wildman–Crippen MR) is 80.8 cm³/mol. The van der Waals surface area contributed by atoms with Crippen molar-refractivity contribution < 1.29 is 9.84 Å². The molecular formula is C17H31NO2. The Morgan fingerprint density at radius 3 is 2.35 bits per heavy atom. The van der Waals surface area contributed by atoms with Crippen molar-refractivity contribution >= 4 is 0 Å². The fourth-order valence-electron chi connectivity index (χ4n) is 4.69. The lowest BCUT2D eigenvalue weighted by molar-refractivity contribution is -0.155. The average Bonchev–Trinajstić information content (AvgIpc) is 2.87. The summed E-state index contributed by atoms with van der Waals surface area (Å²) < 4.78 is 6.13. The molecule has 0 bridgehead atoms. The predicted octanol–water partition coefficient (Wildman–Crippen LogP) is 2.96. The van der Waals surface area contributed by atoms with E-state index in [2.05, 4.69) is 18.7 Å². The van der Waals surface area contributed by atoms with Crippen LogP contribution in [0.15, 0.2) is 0 Å². The first kappa shape index (κ1) is 14.8. The molecule has 1 aliphatic carbocycles. The van der Waals surface area contributed by atoms with Crippen LogP contribution < -0.4 is 0 Å². The van der Waals surface area contributed by atoms with Crippen molar-refractivity contribution in [2.24, 2.45) is 5.92 Å². The van der Waals surface area contributed by atoms with Crippen molar-refractivity contribution in [3.63, 3.8) is 0 Å². The van der Waals surface area contributed by atoms with Crippen molar-refractivity contribution in [2.45, 2.75) is 82.5 Å². The molecule has 2 aliphatic heterocycles. The molecule has 3 aliphatic rings. The summed E-state index contributed by atoms with van der Waals surface area (Å²) in [5.74, 6) is 0.462. The van der Waals surface area contributed by atoms with Crippen molar-refractivity contribution in [1.82, 2.24) is 4.90 Å². The van der Waals surface area contributed by atoms with Gasteiger partial charge in [-0.1, -0.05) is 12.8 Å². The molecule has 2 heterocycles. The van der Waals surface area contributed by atoms with Crippen LogP contribution in [0.2, 0.25) is 0 Å². The molecule has 0 radical (unpaired) electrons. The number of aliphatic hydroxyl groups is 1. The van der Waals surface area contributed by atoms with Gasteiger partial charge >= 0.3 is 0 Å². The van der Waals surface area contributed by atoms with Crippen LogP contribution in [0.3, 0.4) is 0 Å². The lowest BCUT2D eigenvalue weighted by Crippen LogP contribution is -2.54. The highest BCUT2D eigenvalue weighted by molar-refractivity contribution is 4.99. The number of hydrogen-bond donors (Lipinski definition) is 1. The summed E-state index contributed by atoms with van der Waals surface area (Å²) in [6.45, 7) is 7.48. The molecule has 1 unspecified atom stereocenters. The van der Waals surface area contributed by atoms with E-state index >= 15 is 0 Å². The van der Waals surface area contributed by atoms with Gasteiger partial charge in [-0.15, -0.1) is 0 Å². The molecule has 1 N–H and O–H groups in total. The third-order valence-electron chi connectivity index (χ3n) is 6.16. The summed E-state index contributed by atoms with van der Waals surface area (Å²) >= 11 is 0. The van der Waals surface area contributed by atoms with Gasteiger partial charge in [0.05, 0.1) is 11.2 Å². The number of piperidine rings is 1. The SMILES string of the molecule is CC(C)N1CCC(O)(C2CCOC3(CCCC3)C2)CC1. The monoisotopic (exact) mass is 281 g/mol. The van der Waals surface area contributed by atoms with Gasteiger partial charge in [0.15, 0.2) is 0 Å². The van der Waals surface area contributed by atoms with Crippen LogP contribution in [0.4, 0.5) is 0 Å². The Bertz CT molecular complexity index is 328. The summed E-state index contributed by atoms with van der Waals surface area (Å²) in [6, 6.07) is 0.607. The molecule has 0 aromatic heterocycles. The Balaban J connectivity index is 1.63. The van der Waals surface area contributed by atoms with Crippen LogP contribution >= 0.6 is 0 Å². The van der Waals surface area contributed by atoms with Gasteiger partial charge in [0.2, 0.25) is 0 Å². The van der Waals surface area contributed by atoms with Gasteiger partial charge in [-0.3, -0.25) is 0 Å². The molecule has 20 heavy (non-hydrogen) atoms. The molecule has 0 amide bonds. The Hall–Kier alpha value is -0.120. The van der Waals surface area contributed by atoms with Crippen molar-refractivity contribution in [2.75, 3.05) is 19.7 Å². The van der Waals surface area contributed by atoms with Gasteiger partial charge in [0.25, 0.3) is 0 Å². The molecule has 0 aromatic rings. The second-order valence-electron chi connectivity index (χ2n) is 7.66. The number of hydrogen-bond acceptors (Lipinski definition) is 3. The number of rotatable bonds is 2. The van der Waals surface area contributed by atoms with Gasteiger partial charge in [0, 0.05) is 25.7 Å².